The van der Waals surface area contributed by atoms with Crippen molar-refractivity contribution in [2.45, 2.75) is 30.8 Å². The summed E-state index contributed by atoms with van der Waals surface area (Å²) in [4.78, 5) is 15.1. The predicted octanol–water partition coefficient (Wildman–Crippen LogP) is 3.03. The number of hydrogen-bond acceptors (Lipinski definition) is 3. The molecule has 1 heterocycles. The fraction of sp³-hybridized carbons (Fsp3) is 0.533. The molecule has 1 atom stereocenters. The van der Waals surface area contributed by atoms with Crippen LogP contribution >= 0.6 is 11.8 Å². The third-order valence-electron chi connectivity index (χ3n) is 3.83. The van der Waals surface area contributed by atoms with Crippen LogP contribution in [0.3, 0.4) is 0 Å². The molecule has 0 aliphatic carbocycles. The maximum Gasteiger partial charge on any atom is 0.321 e. The summed E-state index contributed by atoms with van der Waals surface area (Å²) >= 11 is 1.66. The molecule has 4 nitrogen and oxygen atoms in total. The molecule has 0 spiro atoms. The molecule has 5 heteroatoms. The molecule has 1 saturated heterocycles. The lowest BCUT2D eigenvalue weighted by molar-refractivity contribution is 0.0820. The molecule has 1 unspecified atom stereocenters. The third kappa shape index (κ3) is 3.90. The number of amides is 2. The average Bonchev–Trinajstić information content (AvgIpc) is 2.47. The Morgan fingerprint density at radius 2 is 2.15 bits per heavy atom. The van der Waals surface area contributed by atoms with Gasteiger partial charge in [-0.1, -0.05) is 6.07 Å². The SMILES string of the molecule is CSc1cccc(NC(=O)N2CCC(C(C)O)CC2)c1. The fourth-order valence-corrected chi connectivity index (χ4v) is 2.95. The molecule has 2 N–H and O–H groups in total. The number of anilines is 1. The van der Waals surface area contributed by atoms with Crippen LogP contribution in [0.4, 0.5) is 10.5 Å². The molecular formula is C15H22N2O2S. The summed E-state index contributed by atoms with van der Waals surface area (Å²) < 4.78 is 0. The van der Waals surface area contributed by atoms with Crippen molar-refractivity contribution >= 4 is 23.5 Å². The number of aliphatic hydroxyl groups is 1. The van der Waals surface area contributed by atoms with Crippen molar-refractivity contribution < 1.29 is 9.90 Å². The van der Waals surface area contributed by atoms with Gasteiger partial charge in [-0.3, -0.25) is 0 Å². The van der Waals surface area contributed by atoms with Crippen LogP contribution in [0.2, 0.25) is 0 Å². The number of likely N-dealkylation sites (tertiary alicyclic amines) is 1. The van der Waals surface area contributed by atoms with Gasteiger partial charge in [0, 0.05) is 23.7 Å². The van der Waals surface area contributed by atoms with Gasteiger partial charge in [0.15, 0.2) is 0 Å². The summed E-state index contributed by atoms with van der Waals surface area (Å²) in [6.45, 7) is 3.25. The lowest BCUT2D eigenvalue weighted by Gasteiger charge is -2.33. The van der Waals surface area contributed by atoms with Crippen molar-refractivity contribution in [2.75, 3.05) is 24.7 Å². The highest BCUT2D eigenvalue weighted by molar-refractivity contribution is 7.98. The Morgan fingerprint density at radius 1 is 1.45 bits per heavy atom. The first-order chi connectivity index (χ1) is 9.60. The maximum absolute atomic E-state index is 12.2. The summed E-state index contributed by atoms with van der Waals surface area (Å²) in [5, 5.41) is 12.5. The number of piperidine rings is 1. The van der Waals surface area contributed by atoms with Crippen LogP contribution in [0.25, 0.3) is 0 Å². The van der Waals surface area contributed by atoms with Crippen LogP contribution in [0.1, 0.15) is 19.8 Å². The molecular weight excluding hydrogens is 272 g/mol. The number of thioether (sulfide) groups is 1. The van der Waals surface area contributed by atoms with Crippen molar-refractivity contribution in [1.82, 2.24) is 4.90 Å². The number of benzene rings is 1. The minimum Gasteiger partial charge on any atom is -0.393 e. The zero-order chi connectivity index (χ0) is 14.5. The minimum absolute atomic E-state index is 0.0488. The third-order valence-corrected chi connectivity index (χ3v) is 4.56. The number of rotatable bonds is 3. The number of carbonyl (C=O) groups excluding carboxylic acids is 1. The van der Waals surface area contributed by atoms with E-state index in [9.17, 15) is 9.90 Å². The molecule has 1 aromatic rings. The minimum atomic E-state index is -0.279. The van der Waals surface area contributed by atoms with Crippen LogP contribution < -0.4 is 5.32 Å². The Morgan fingerprint density at radius 3 is 2.75 bits per heavy atom. The van der Waals surface area contributed by atoms with Crippen molar-refractivity contribution in [3.8, 4) is 0 Å². The first-order valence-electron chi connectivity index (χ1n) is 6.98. The molecule has 0 bridgehead atoms. The molecule has 1 aliphatic heterocycles. The highest BCUT2D eigenvalue weighted by atomic mass is 32.2. The first-order valence-corrected chi connectivity index (χ1v) is 8.20. The lowest BCUT2D eigenvalue weighted by atomic mass is 9.92. The monoisotopic (exact) mass is 294 g/mol. The Kier molecular flexibility index (Phi) is 5.31. The summed E-state index contributed by atoms with van der Waals surface area (Å²) in [6, 6.07) is 7.80. The maximum atomic E-state index is 12.2. The molecule has 1 aliphatic rings. The highest BCUT2D eigenvalue weighted by Gasteiger charge is 2.25. The van der Waals surface area contributed by atoms with E-state index in [1.165, 1.54) is 0 Å². The molecule has 0 radical (unpaired) electrons. The molecule has 0 aromatic heterocycles. The van der Waals surface area contributed by atoms with Gasteiger partial charge < -0.3 is 15.3 Å². The summed E-state index contributed by atoms with van der Waals surface area (Å²) in [5.74, 6) is 0.318. The number of aliphatic hydroxyl groups excluding tert-OH is 1. The van der Waals surface area contributed by atoms with Gasteiger partial charge in [-0.05, 0) is 50.1 Å². The number of carbonyl (C=O) groups is 1. The van der Waals surface area contributed by atoms with Gasteiger partial charge in [0.2, 0.25) is 0 Å². The van der Waals surface area contributed by atoms with E-state index in [4.69, 9.17) is 0 Å². The van der Waals surface area contributed by atoms with Crippen LogP contribution in [-0.2, 0) is 0 Å². The summed E-state index contributed by atoms with van der Waals surface area (Å²) in [7, 11) is 0. The highest BCUT2D eigenvalue weighted by Crippen LogP contribution is 2.22. The molecule has 110 valence electrons. The fourth-order valence-electron chi connectivity index (χ4n) is 2.49. The molecule has 2 amide bonds. The number of nitrogens with one attached hydrogen (secondary N) is 1. The molecule has 1 aromatic carbocycles. The topological polar surface area (TPSA) is 52.6 Å². The Bertz CT molecular complexity index is 457. The Labute approximate surface area is 124 Å². The molecule has 2 rings (SSSR count). The standard InChI is InChI=1S/C15H22N2O2S/c1-11(18)12-6-8-17(9-7-12)15(19)16-13-4-3-5-14(10-13)20-2/h3-5,10-12,18H,6-9H2,1-2H3,(H,16,19). The smallest absolute Gasteiger partial charge is 0.321 e. The summed E-state index contributed by atoms with van der Waals surface area (Å²) in [6.07, 6.45) is 3.48. The lowest BCUT2D eigenvalue weighted by Crippen LogP contribution is -2.42. The second kappa shape index (κ2) is 6.99. The van der Waals surface area contributed by atoms with Crippen molar-refractivity contribution in [2.24, 2.45) is 5.92 Å². The van der Waals surface area contributed by atoms with Gasteiger partial charge in [-0.15, -0.1) is 11.8 Å². The summed E-state index contributed by atoms with van der Waals surface area (Å²) in [5.41, 5.74) is 0.833. The van der Waals surface area contributed by atoms with Gasteiger partial charge in [0.25, 0.3) is 0 Å². The van der Waals surface area contributed by atoms with Gasteiger partial charge >= 0.3 is 6.03 Å². The molecule has 1 fully saturated rings. The average molecular weight is 294 g/mol. The Hall–Kier alpha value is -1.20. The van der Waals surface area contributed by atoms with Crippen molar-refractivity contribution in [1.29, 1.82) is 0 Å². The van der Waals surface area contributed by atoms with Crippen LogP contribution in [0.15, 0.2) is 29.2 Å². The van der Waals surface area contributed by atoms with Crippen molar-refractivity contribution in [3.05, 3.63) is 24.3 Å². The van der Waals surface area contributed by atoms with E-state index in [1.54, 1.807) is 11.8 Å². The molecule has 0 saturated carbocycles. The number of urea groups is 1. The second-order valence-corrected chi connectivity index (χ2v) is 6.11. The van der Waals surface area contributed by atoms with E-state index < -0.39 is 0 Å². The van der Waals surface area contributed by atoms with Crippen LogP contribution in [0, 0.1) is 5.92 Å². The zero-order valence-corrected chi connectivity index (χ0v) is 12.8. The van der Waals surface area contributed by atoms with Gasteiger partial charge in [-0.2, -0.15) is 0 Å². The van der Waals surface area contributed by atoms with Gasteiger partial charge in [0.1, 0.15) is 0 Å². The van der Waals surface area contributed by atoms with E-state index in [0.717, 1.165) is 23.4 Å². The van der Waals surface area contributed by atoms with Crippen LogP contribution in [-0.4, -0.2) is 41.5 Å². The largest absolute Gasteiger partial charge is 0.393 e. The number of hydrogen-bond donors (Lipinski definition) is 2. The zero-order valence-electron chi connectivity index (χ0n) is 12.0. The van der Waals surface area contributed by atoms with Crippen molar-refractivity contribution in [3.63, 3.8) is 0 Å². The van der Waals surface area contributed by atoms with E-state index in [2.05, 4.69) is 5.32 Å². The van der Waals surface area contributed by atoms with Gasteiger partial charge in [0.05, 0.1) is 6.10 Å². The van der Waals surface area contributed by atoms with E-state index in [1.807, 2.05) is 42.3 Å². The Balaban J connectivity index is 1.89. The van der Waals surface area contributed by atoms with E-state index in [0.29, 0.717) is 19.0 Å². The quantitative estimate of drug-likeness (QED) is 0.843. The van der Waals surface area contributed by atoms with Gasteiger partial charge in [-0.25, -0.2) is 4.79 Å². The normalized spacial score (nSPS) is 17.9. The first kappa shape index (κ1) is 15.2. The van der Waals surface area contributed by atoms with E-state index in [-0.39, 0.29) is 12.1 Å². The van der Waals surface area contributed by atoms with E-state index >= 15 is 0 Å². The second-order valence-electron chi connectivity index (χ2n) is 5.23. The number of nitrogens with zero attached hydrogens (tertiary/aromatic N) is 1. The van der Waals surface area contributed by atoms with Crippen LogP contribution in [0.5, 0.6) is 0 Å². The predicted molar refractivity (Wildman–Crippen MR) is 83.2 cm³/mol. The molecule has 20 heavy (non-hydrogen) atoms.